The zero-order valence-corrected chi connectivity index (χ0v) is 15.3. The maximum atomic E-state index is 5.24. The van der Waals surface area contributed by atoms with Gasteiger partial charge in [-0.3, -0.25) is 9.98 Å². The smallest absolute Gasteiger partial charge is 0.193 e. The van der Waals surface area contributed by atoms with Crippen molar-refractivity contribution in [3.8, 4) is 0 Å². The van der Waals surface area contributed by atoms with Crippen LogP contribution in [0.5, 0.6) is 0 Å². The lowest BCUT2D eigenvalue weighted by atomic mass is 10.1. The molecule has 1 fully saturated rings. The van der Waals surface area contributed by atoms with Gasteiger partial charge in [0, 0.05) is 39.4 Å². The van der Waals surface area contributed by atoms with Gasteiger partial charge in [0.1, 0.15) is 0 Å². The van der Waals surface area contributed by atoms with Crippen LogP contribution in [0.4, 0.5) is 0 Å². The van der Waals surface area contributed by atoms with Gasteiger partial charge in [-0.15, -0.1) is 24.0 Å². The van der Waals surface area contributed by atoms with Gasteiger partial charge in [-0.25, -0.2) is 0 Å². The van der Waals surface area contributed by atoms with E-state index in [2.05, 4.69) is 33.2 Å². The predicted molar refractivity (Wildman–Crippen MR) is 96.1 cm³/mol. The monoisotopic (exact) mass is 404 g/mol. The molecule has 5 nitrogen and oxygen atoms in total. The molecule has 21 heavy (non-hydrogen) atoms. The van der Waals surface area contributed by atoms with Crippen molar-refractivity contribution in [1.29, 1.82) is 0 Å². The molecule has 1 aliphatic heterocycles. The van der Waals surface area contributed by atoms with E-state index in [0.29, 0.717) is 12.5 Å². The fourth-order valence-electron chi connectivity index (χ4n) is 2.60. The topological polar surface area (TPSA) is 49.8 Å². The number of likely N-dealkylation sites (tertiary alicyclic amines) is 1. The molecule has 0 spiro atoms. The molecule has 1 atom stereocenters. The van der Waals surface area contributed by atoms with E-state index >= 15 is 0 Å². The minimum absolute atomic E-state index is 0. The molecule has 6 heteroatoms. The Morgan fingerprint density at radius 1 is 1.57 bits per heavy atom. The summed E-state index contributed by atoms with van der Waals surface area (Å²) in [6, 6.07) is 4.04. The van der Waals surface area contributed by atoms with Gasteiger partial charge in [-0.05, 0) is 25.0 Å². The lowest BCUT2D eigenvalue weighted by Gasteiger charge is -2.21. The van der Waals surface area contributed by atoms with E-state index in [1.807, 2.05) is 19.3 Å². The summed E-state index contributed by atoms with van der Waals surface area (Å²) in [5, 5.41) is 3.40. The first-order valence-electron chi connectivity index (χ1n) is 7.09. The summed E-state index contributed by atoms with van der Waals surface area (Å²) in [6.45, 7) is 5.67. The number of pyridine rings is 1. The van der Waals surface area contributed by atoms with E-state index in [1.165, 1.54) is 5.56 Å². The van der Waals surface area contributed by atoms with Crippen molar-refractivity contribution in [2.24, 2.45) is 10.9 Å². The molecular weight excluding hydrogens is 379 g/mol. The Balaban J connectivity index is 0.00000220. The number of guanidine groups is 1. The van der Waals surface area contributed by atoms with E-state index < -0.39 is 0 Å². The second kappa shape index (κ2) is 9.19. The molecule has 1 N–H and O–H groups in total. The molecule has 0 amide bonds. The average Bonchev–Trinajstić information content (AvgIpc) is 2.90. The van der Waals surface area contributed by atoms with Crippen LogP contribution in [-0.4, -0.2) is 49.7 Å². The van der Waals surface area contributed by atoms with Crippen LogP contribution in [0.2, 0.25) is 0 Å². The van der Waals surface area contributed by atoms with E-state index in [0.717, 1.165) is 37.8 Å². The van der Waals surface area contributed by atoms with Gasteiger partial charge in [-0.1, -0.05) is 6.07 Å². The standard InChI is InChI=1S/C15H24N4O.HI/c1-12-5-4-7-17-14(12)9-18-15(16-2)19-8-6-13(10-19)11-20-3;/h4-5,7,13H,6,8-11H2,1-3H3,(H,16,18);1H. The fourth-order valence-corrected chi connectivity index (χ4v) is 2.60. The third-order valence-electron chi connectivity index (χ3n) is 3.73. The quantitative estimate of drug-likeness (QED) is 0.474. The molecule has 0 bridgehead atoms. The van der Waals surface area contributed by atoms with Crippen LogP contribution in [0.3, 0.4) is 0 Å². The van der Waals surface area contributed by atoms with Gasteiger partial charge in [0.05, 0.1) is 18.8 Å². The van der Waals surface area contributed by atoms with E-state index in [9.17, 15) is 0 Å². The number of ether oxygens (including phenoxy) is 1. The van der Waals surface area contributed by atoms with Gasteiger partial charge in [0.15, 0.2) is 5.96 Å². The molecule has 0 radical (unpaired) electrons. The summed E-state index contributed by atoms with van der Waals surface area (Å²) < 4.78 is 5.24. The Labute approximate surface area is 144 Å². The molecule has 1 aromatic heterocycles. The van der Waals surface area contributed by atoms with Crippen molar-refractivity contribution in [2.75, 3.05) is 33.9 Å². The molecule has 1 saturated heterocycles. The van der Waals surface area contributed by atoms with Crippen molar-refractivity contribution in [3.05, 3.63) is 29.6 Å². The third kappa shape index (κ3) is 5.10. The van der Waals surface area contributed by atoms with Crippen molar-refractivity contribution in [2.45, 2.75) is 19.9 Å². The minimum Gasteiger partial charge on any atom is -0.384 e. The molecule has 0 aliphatic carbocycles. The van der Waals surface area contributed by atoms with Gasteiger partial charge in [-0.2, -0.15) is 0 Å². The van der Waals surface area contributed by atoms with Crippen molar-refractivity contribution >= 4 is 29.9 Å². The first kappa shape index (κ1) is 18.2. The van der Waals surface area contributed by atoms with E-state index in [4.69, 9.17) is 4.74 Å². The van der Waals surface area contributed by atoms with Crippen molar-refractivity contribution in [1.82, 2.24) is 15.2 Å². The Morgan fingerprint density at radius 3 is 3.05 bits per heavy atom. The summed E-state index contributed by atoms with van der Waals surface area (Å²) in [5.41, 5.74) is 2.27. The van der Waals surface area contributed by atoms with Crippen LogP contribution in [0.1, 0.15) is 17.7 Å². The number of aryl methyl sites for hydroxylation is 1. The third-order valence-corrected chi connectivity index (χ3v) is 3.73. The van der Waals surface area contributed by atoms with Crippen LogP contribution < -0.4 is 5.32 Å². The fraction of sp³-hybridized carbons (Fsp3) is 0.600. The second-order valence-corrected chi connectivity index (χ2v) is 5.22. The van der Waals surface area contributed by atoms with Crippen molar-refractivity contribution in [3.63, 3.8) is 0 Å². The summed E-state index contributed by atoms with van der Waals surface area (Å²) in [5.74, 6) is 1.56. The summed E-state index contributed by atoms with van der Waals surface area (Å²) in [6.07, 6.45) is 2.99. The summed E-state index contributed by atoms with van der Waals surface area (Å²) in [4.78, 5) is 11.1. The summed E-state index contributed by atoms with van der Waals surface area (Å²) >= 11 is 0. The Bertz CT molecular complexity index is 467. The van der Waals surface area contributed by atoms with E-state index in [-0.39, 0.29) is 24.0 Å². The Hall–Kier alpha value is -0.890. The van der Waals surface area contributed by atoms with Crippen LogP contribution in [0, 0.1) is 12.8 Å². The van der Waals surface area contributed by atoms with Gasteiger partial charge >= 0.3 is 0 Å². The molecule has 118 valence electrons. The summed E-state index contributed by atoms with van der Waals surface area (Å²) in [7, 11) is 3.59. The molecule has 0 aromatic carbocycles. The highest BCUT2D eigenvalue weighted by Gasteiger charge is 2.24. The lowest BCUT2D eigenvalue weighted by molar-refractivity contribution is 0.157. The number of hydrogen-bond acceptors (Lipinski definition) is 3. The first-order valence-corrected chi connectivity index (χ1v) is 7.09. The number of nitrogens with zero attached hydrogens (tertiary/aromatic N) is 3. The van der Waals surface area contributed by atoms with Crippen LogP contribution in [-0.2, 0) is 11.3 Å². The zero-order valence-electron chi connectivity index (χ0n) is 13.0. The molecule has 0 saturated carbocycles. The molecule has 1 aromatic rings. The SMILES string of the molecule is CN=C(NCc1ncccc1C)N1CCC(COC)C1.I. The Kier molecular flexibility index (Phi) is 7.95. The number of aliphatic imine (C=N–C) groups is 1. The normalized spacial score (nSPS) is 18.5. The van der Waals surface area contributed by atoms with Crippen molar-refractivity contribution < 1.29 is 4.74 Å². The number of halogens is 1. The van der Waals surface area contributed by atoms with Gasteiger partial charge in [0.2, 0.25) is 0 Å². The molecule has 2 rings (SSSR count). The van der Waals surface area contributed by atoms with Gasteiger partial charge in [0.25, 0.3) is 0 Å². The molecule has 1 aliphatic rings. The first-order chi connectivity index (χ1) is 9.74. The maximum Gasteiger partial charge on any atom is 0.193 e. The number of rotatable bonds is 4. The zero-order chi connectivity index (χ0) is 14.4. The number of hydrogen-bond donors (Lipinski definition) is 1. The highest BCUT2D eigenvalue weighted by atomic mass is 127. The Morgan fingerprint density at radius 2 is 2.38 bits per heavy atom. The van der Waals surface area contributed by atoms with Crippen LogP contribution in [0.15, 0.2) is 23.3 Å². The largest absolute Gasteiger partial charge is 0.384 e. The maximum absolute atomic E-state index is 5.24. The van der Waals surface area contributed by atoms with E-state index in [1.54, 1.807) is 7.11 Å². The highest BCUT2D eigenvalue weighted by Crippen LogP contribution is 2.16. The number of methoxy groups -OCH3 is 1. The molecular formula is C15H25IN4O. The van der Waals surface area contributed by atoms with Gasteiger partial charge < -0.3 is 15.0 Å². The molecule has 1 unspecified atom stereocenters. The molecule has 2 heterocycles. The average molecular weight is 404 g/mol. The number of aromatic nitrogens is 1. The number of nitrogens with one attached hydrogen (secondary N) is 1. The highest BCUT2D eigenvalue weighted by molar-refractivity contribution is 14.0. The van der Waals surface area contributed by atoms with Crippen LogP contribution >= 0.6 is 24.0 Å². The second-order valence-electron chi connectivity index (χ2n) is 5.22. The predicted octanol–water partition coefficient (Wildman–Crippen LogP) is 2.05. The van der Waals surface area contributed by atoms with Crippen LogP contribution in [0.25, 0.3) is 0 Å². The lowest BCUT2D eigenvalue weighted by Crippen LogP contribution is -2.40. The minimum atomic E-state index is 0.